The molecule has 0 spiro atoms. The lowest BCUT2D eigenvalue weighted by Crippen LogP contribution is -2.43. The molecule has 4 rings (SSSR count). The molecule has 2 amide bonds. The fraction of sp³-hybridized carbons (Fsp3) is 0.400. The van der Waals surface area contributed by atoms with Crippen LogP contribution in [0.4, 0.5) is 0 Å². The van der Waals surface area contributed by atoms with Crippen LogP contribution in [0, 0.1) is 5.92 Å². The summed E-state index contributed by atoms with van der Waals surface area (Å²) in [6, 6.07) is 9.34. The summed E-state index contributed by atoms with van der Waals surface area (Å²) >= 11 is 1.46. The van der Waals surface area contributed by atoms with Gasteiger partial charge in [-0.25, -0.2) is 0 Å². The Bertz CT molecular complexity index is 829. The number of carbonyl (C=O) groups is 2. The van der Waals surface area contributed by atoms with E-state index in [0.717, 1.165) is 16.2 Å². The third-order valence-corrected chi connectivity index (χ3v) is 6.00. The lowest BCUT2D eigenvalue weighted by molar-refractivity contribution is -0.127. The van der Waals surface area contributed by atoms with E-state index in [9.17, 15) is 9.59 Å². The van der Waals surface area contributed by atoms with Crippen molar-refractivity contribution < 1.29 is 19.1 Å². The van der Waals surface area contributed by atoms with Gasteiger partial charge in [-0.15, -0.1) is 11.3 Å². The van der Waals surface area contributed by atoms with Crippen molar-refractivity contribution in [3.8, 4) is 11.5 Å². The Hall–Kier alpha value is -2.54. The van der Waals surface area contributed by atoms with Crippen LogP contribution in [-0.2, 0) is 4.79 Å². The molecule has 1 fully saturated rings. The first-order chi connectivity index (χ1) is 13.1. The van der Waals surface area contributed by atoms with E-state index in [1.165, 1.54) is 11.3 Å². The quantitative estimate of drug-likeness (QED) is 0.876. The molecule has 1 unspecified atom stereocenters. The number of rotatable bonds is 4. The second-order valence-corrected chi connectivity index (χ2v) is 7.83. The first-order valence-electron chi connectivity index (χ1n) is 9.14. The van der Waals surface area contributed by atoms with Crippen molar-refractivity contribution in [3.05, 3.63) is 46.2 Å². The molecule has 0 radical (unpaired) electrons. The first kappa shape index (κ1) is 17.9. The number of hydrogen-bond acceptors (Lipinski definition) is 5. The highest BCUT2D eigenvalue weighted by Gasteiger charge is 2.29. The minimum absolute atomic E-state index is 0.0448. The number of piperidine rings is 1. The van der Waals surface area contributed by atoms with Crippen LogP contribution < -0.4 is 14.8 Å². The van der Waals surface area contributed by atoms with Crippen LogP contribution in [0.2, 0.25) is 0 Å². The van der Waals surface area contributed by atoms with Gasteiger partial charge in [0.1, 0.15) is 0 Å². The zero-order chi connectivity index (χ0) is 18.8. The summed E-state index contributed by atoms with van der Waals surface area (Å²) in [5.74, 6) is 1.50. The zero-order valence-corrected chi connectivity index (χ0v) is 16.0. The predicted octanol–water partition coefficient (Wildman–Crippen LogP) is 3.21. The Morgan fingerprint density at radius 2 is 1.96 bits per heavy atom. The predicted molar refractivity (Wildman–Crippen MR) is 102 cm³/mol. The van der Waals surface area contributed by atoms with Crippen LogP contribution >= 0.6 is 11.3 Å². The van der Waals surface area contributed by atoms with Crippen molar-refractivity contribution in [2.75, 3.05) is 19.9 Å². The molecule has 6 nitrogen and oxygen atoms in total. The Morgan fingerprint density at radius 1 is 1.19 bits per heavy atom. The van der Waals surface area contributed by atoms with Crippen molar-refractivity contribution in [1.29, 1.82) is 0 Å². The van der Waals surface area contributed by atoms with Crippen molar-refractivity contribution in [1.82, 2.24) is 10.2 Å². The van der Waals surface area contributed by atoms with Crippen molar-refractivity contribution in [3.63, 3.8) is 0 Å². The summed E-state index contributed by atoms with van der Waals surface area (Å²) < 4.78 is 10.7. The number of nitrogens with one attached hydrogen (secondary N) is 1. The second-order valence-electron chi connectivity index (χ2n) is 6.89. The molecule has 2 aromatic rings. The van der Waals surface area contributed by atoms with Crippen LogP contribution in [0.5, 0.6) is 11.5 Å². The highest BCUT2D eigenvalue weighted by atomic mass is 32.1. The molecule has 0 aliphatic carbocycles. The summed E-state index contributed by atoms with van der Waals surface area (Å²) in [5.41, 5.74) is 0.984. The molecule has 1 aromatic heterocycles. The average molecular weight is 386 g/mol. The monoisotopic (exact) mass is 386 g/mol. The van der Waals surface area contributed by atoms with Gasteiger partial charge in [0.05, 0.1) is 10.9 Å². The van der Waals surface area contributed by atoms with Crippen molar-refractivity contribution >= 4 is 23.2 Å². The summed E-state index contributed by atoms with van der Waals surface area (Å²) in [7, 11) is 0. The number of benzene rings is 1. The van der Waals surface area contributed by atoms with Gasteiger partial charge in [0, 0.05) is 19.0 Å². The fourth-order valence-corrected chi connectivity index (χ4v) is 4.19. The smallest absolute Gasteiger partial charge is 0.263 e. The van der Waals surface area contributed by atoms with E-state index in [1.807, 2.05) is 47.5 Å². The highest BCUT2D eigenvalue weighted by molar-refractivity contribution is 7.12. The molecule has 27 heavy (non-hydrogen) atoms. The number of carbonyl (C=O) groups excluding carboxylic acids is 2. The Morgan fingerprint density at radius 3 is 2.70 bits per heavy atom. The Kier molecular flexibility index (Phi) is 5.03. The molecule has 2 aliphatic heterocycles. The minimum Gasteiger partial charge on any atom is -0.454 e. The lowest BCUT2D eigenvalue weighted by atomic mass is 9.95. The maximum Gasteiger partial charge on any atom is 0.263 e. The normalized spacial score (nSPS) is 17.6. The van der Waals surface area contributed by atoms with Gasteiger partial charge < -0.3 is 19.7 Å². The van der Waals surface area contributed by atoms with Crippen LogP contribution in [0.1, 0.15) is 41.0 Å². The largest absolute Gasteiger partial charge is 0.454 e. The van der Waals surface area contributed by atoms with E-state index in [2.05, 4.69) is 5.32 Å². The van der Waals surface area contributed by atoms with Crippen LogP contribution in [0.25, 0.3) is 0 Å². The number of ether oxygens (including phenoxy) is 2. The Labute approximate surface area is 162 Å². The van der Waals surface area contributed by atoms with E-state index in [4.69, 9.17) is 9.47 Å². The van der Waals surface area contributed by atoms with Crippen LogP contribution in [0.3, 0.4) is 0 Å². The van der Waals surface area contributed by atoms with Gasteiger partial charge in [0.15, 0.2) is 11.5 Å². The van der Waals surface area contributed by atoms with Crippen LogP contribution in [-0.4, -0.2) is 36.6 Å². The van der Waals surface area contributed by atoms with Gasteiger partial charge in [0.25, 0.3) is 5.91 Å². The van der Waals surface area contributed by atoms with Gasteiger partial charge in [-0.1, -0.05) is 12.1 Å². The molecule has 1 N–H and O–H groups in total. The number of hydrogen-bond donors (Lipinski definition) is 1. The SMILES string of the molecule is CC(NC(=O)C1CCN(C(=O)c2cccs2)CC1)c1ccc2c(c1)OCO2. The van der Waals surface area contributed by atoms with Gasteiger partial charge in [-0.3, -0.25) is 9.59 Å². The average Bonchev–Trinajstić information content (AvgIpc) is 3.38. The molecule has 1 atom stereocenters. The van der Waals surface area contributed by atoms with Gasteiger partial charge in [0.2, 0.25) is 12.7 Å². The summed E-state index contributed by atoms with van der Waals surface area (Å²) in [4.78, 5) is 27.7. The van der Waals surface area contributed by atoms with E-state index in [0.29, 0.717) is 31.7 Å². The standard InChI is InChI=1S/C20H22N2O4S/c1-13(15-4-5-16-17(11-15)26-12-25-16)21-19(23)14-6-8-22(9-7-14)20(24)18-3-2-10-27-18/h2-5,10-11,13-14H,6-9,12H2,1H3,(H,21,23). The zero-order valence-electron chi connectivity index (χ0n) is 15.1. The first-order valence-corrected chi connectivity index (χ1v) is 10.0. The van der Waals surface area contributed by atoms with Crippen LogP contribution in [0.15, 0.2) is 35.7 Å². The minimum atomic E-state index is -0.113. The van der Waals surface area contributed by atoms with Crippen molar-refractivity contribution in [2.24, 2.45) is 5.92 Å². The third-order valence-electron chi connectivity index (χ3n) is 5.14. The topological polar surface area (TPSA) is 67.9 Å². The summed E-state index contributed by atoms with van der Waals surface area (Å²) in [5, 5.41) is 5.00. The molecule has 142 valence electrons. The number of thiophene rings is 1. The molecule has 3 heterocycles. The molecule has 0 saturated carbocycles. The van der Waals surface area contributed by atoms with E-state index < -0.39 is 0 Å². The highest BCUT2D eigenvalue weighted by Crippen LogP contribution is 2.34. The number of likely N-dealkylation sites (tertiary alicyclic amines) is 1. The molecule has 7 heteroatoms. The maximum absolute atomic E-state index is 12.7. The van der Waals surface area contributed by atoms with Gasteiger partial charge in [-0.2, -0.15) is 0 Å². The third kappa shape index (κ3) is 3.78. The molecular weight excluding hydrogens is 364 g/mol. The van der Waals surface area contributed by atoms with Gasteiger partial charge >= 0.3 is 0 Å². The molecular formula is C20H22N2O4S. The molecule has 0 bridgehead atoms. The number of fused-ring (bicyclic) bond motifs is 1. The van der Waals surface area contributed by atoms with Crippen molar-refractivity contribution in [2.45, 2.75) is 25.8 Å². The lowest BCUT2D eigenvalue weighted by Gasteiger charge is -2.31. The molecule has 2 aliphatic rings. The summed E-state index contributed by atoms with van der Waals surface area (Å²) in [6.07, 6.45) is 1.38. The number of nitrogens with zero attached hydrogens (tertiary/aromatic N) is 1. The maximum atomic E-state index is 12.7. The Balaban J connectivity index is 1.31. The number of amides is 2. The molecule has 1 saturated heterocycles. The summed E-state index contributed by atoms with van der Waals surface area (Å²) in [6.45, 7) is 3.44. The van der Waals surface area contributed by atoms with E-state index in [-0.39, 0.29) is 30.6 Å². The van der Waals surface area contributed by atoms with Gasteiger partial charge in [-0.05, 0) is 48.9 Å². The fourth-order valence-electron chi connectivity index (χ4n) is 3.50. The molecule has 1 aromatic carbocycles. The second kappa shape index (κ2) is 7.60. The van der Waals surface area contributed by atoms with E-state index >= 15 is 0 Å². The van der Waals surface area contributed by atoms with E-state index in [1.54, 1.807) is 0 Å².